The minimum absolute atomic E-state index is 0.362. The van der Waals surface area contributed by atoms with Crippen LogP contribution in [0.1, 0.15) is 31.0 Å². The molecule has 1 aromatic heterocycles. The molecule has 0 radical (unpaired) electrons. The van der Waals surface area contributed by atoms with E-state index in [-0.39, 0.29) is 0 Å². The monoisotopic (exact) mass is 232 g/mol. The lowest BCUT2D eigenvalue weighted by molar-refractivity contribution is 0.377. The average Bonchev–Trinajstić information content (AvgIpc) is 2.85. The van der Waals surface area contributed by atoms with Crippen LogP contribution in [0.2, 0.25) is 0 Å². The van der Waals surface area contributed by atoms with Crippen LogP contribution < -0.4 is 10.1 Å². The zero-order chi connectivity index (χ0) is 11.8. The summed E-state index contributed by atoms with van der Waals surface area (Å²) in [5.41, 5.74) is 1.08. The number of hydrogen-bond acceptors (Lipinski definition) is 3. The second kappa shape index (κ2) is 4.30. The molecule has 2 aliphatic rings. The third-order valence-electron chi connectivity index (χ3n) is 4.48. The van der Waals surface area contributed by atoms with Gasteiger partial charge in [0.25, 0.3) is 0 Å². The van der Waals surface area contributed by atoms with Crippen molar-refractivity contribution in [2.45, 2.75) is 25.3 Å². The lowest BCUT2D eigenvalue weighted by Crippen LogP contribution is -2.22. The quantitative estimate of drug-likeness (QED) is 0.865. The highest BCUT2D eigenvalue weighted by Gasteiger charge is 2.56. The number of nitrogens with zero attached hydrogens (tertiary/aromatic N) is 1. The molecule has 2 fully saturated rings. The maximum atomic E-state index is 5.43. The Kier molecular flexibility index (Phi) is 2.79. The van der Waals surface area contributed by atoms with E-state index in [0.29, 0.717) is 6.04 Å². The van der Waals surface area contributed by atoms with E-state index in [1.807, 2.05) is 25.4 Å². The van der Waals surface area contributed by atoms with Gasteiger partial charge in [-0.25, -0.2) is 0 Å². The van der Waals surface area contributed by atoms with E-state index >= 15 is 0 Å². The van der Waals surface area contributed by atoms with Crippen molar-refractivity contribution in [2.75, 3.05) is 14.2 Å². The van der Waals surface area contributed by atoms with E-state index < -0.39 is 0 Å². The average molecular weight is 232 g/mol. The van der Waals surface area contributed by atoms with Gasteiger partial charge < -0.3 is 10.1 Å². The molecule has 0 amide bonds. The molecule has 3 nitrogen and oxygen atoms in total. The Morgan fingerprint density at radius 2 is 2.18 bits per heavy atom. The van der Waals surface area contributed by atoms with Gasteiger partial charge in [-0.2, -0.15) is 0 Å². The first-order valence-electron chi connectivity index (χ1n) is 6.53. The van der Waals surface area contributed by atoms with Gasteiger partial charge in [0.05, 0.1) is 18.8 Å². The van der Waals surface area contributed by atoms with Crippen molar-refractivity contribution in [1.29, 1.82) is 0 Å². The molecule has 3 rings (SSSR count). The number of hydrogen-bond donors (Lipinski definition) is 1. The summed E-state index contributed by atoms with van der Waals surface area (Å²) in [5.74, 6) is 3.55. The van der Waals surface area contributed by atoms with Crippen LogP contribution in [0.4, 0.5) is 0 Å². The van der Waals surface area contributed by atoms with Gasteiger partial charge in [-0.05, 0) is 49.8 Å². The van der Waals surface area contributed by atoms with E-state index in [1.54, 1.807) is 7.11 Å². The van der Waals surface area contributed by atoms with Crippen molar-refractivity contribution < 1.29 is 4.74 Å². The zero-order valence-electron chi connectivity index (χ0n) is 10.5. The maximum absolute atomic E-state index is 5.43. The number of rotatable bonds is 4. The van der Waals surface area contributed by atoms with Gasteiger partial charge in [-0.1, -0.05) is 6.42 Å². The molecular formula is C14H20N2O. The topological polar surface area (TPSA) is 34.2 Å². The van der Waals surface area contributed by atoms with Crippen LogP contribution in [-0.4, -0.2) is 19.1 Å². The third kappa shape index (κ3) is 1.73. The summed E-state index contributed by atoms with van der Waals surface area (Å²) in [6.07, 6.45) is 6.09. The molecule has 2 aliphatic carbocycles. The molecule has 17 heavy (non-hydrogen) atoms. The first kappa shape index (κ1) is 11.0. The van der Waals surface area contributed by atoms with Gasteiger partial charge in [0.1, 0.15) is 5.75 Å². The molecular weight excluding hydrogens is 212 g/mol. The Labute approximate surface area is 103 Å². The summed E-state index contributed by atoms with van der Waals surface area (Å²) < 4.78 is 5.43. The minimum atomic E-state index is 0.362. The zero-order valence-corrected chi connectivity index (χ0v) is 10.5. The summed E-state index contributed by atoms with van der Waals surface area (Å²) in [6.45, 7) is 0. The van der Waals surface area contributed by atoms with Crippen LogP contribution in [-0.2, 0) is 0 Å². The molecule has 0 spiro atoms. The van der Waals surface area contributed by atoms with Gasteiger partial charge in [-0.15, -0.1) is 0 Å². The molecule has 0 bridgehead atoms. The van der Waals surface area contributed by atoms with E-state index in [0.717, 1.165) is 29.2 Å². The Balaban J connectivity index is 1.85. The number of fused-ring (bicyclic) bond motifs is 1. The third-order valence-corrected chi connectivity index (χ3v) is 4.48. The highest BCUT2D eigenvalue weighted by Crippen LogP contribution is 2.62. The molecule has 3 heteroatoms. The first-order valence-corrected chi connectivity index (χ1v) is 6.53. The van der Waals surface area contributed by atoms with Crippen molar-refractivity contribution in [3.05, 3.63) is 24.0 Å². The normalized spacial score (nSPS) is 32.0. The van der Waals surface area contributed by atoms with Crippen molar-refractivity contribution in [3.63, 3.8) is 0 Å². The minimum Gasteiger partial charge on any atom is -0.495 e. The Morgan fingerprint density at radius 1 is 1.41 bits per heavy atom. The second-order valence-corrected chi connectivity index (χ2v) is 5.19. The number of methoxy groups -OCH3 is 1. The number of nitrogens with one attached hydrogen (secondary N) is 1. The van der Waals surface area contributed by atoms with Crippen LogP contribution in [0.3, 0.4) is 0 Å². The van der Waals surface area contributed by atoms with E-state index in [2.05, 4.69) is 10.3 Å². The largest absolute Gasteiger partial charge is 0.495 e. The van der Waals surface area contributed by atoms with E-state index in [4.69, 9.17) is 4.74 Å². The van der Waals surface area contributed by atoms with E-state index in [9.17, 15) is 0 Å². The molecule has 0 saturated heterocycles. The predicted octanol–water partition coefficient (Wildman–Crippen LogP) is 2.40. The molecule has 92 valence electrons. The summed E-state index contributed by atoms with van der Waals surface area (Å²) >= 11 is 0. The molecule has 2 saturated carbocycles. The fraction of sp³-hybridized carbons (Fsp3) is 0.643. The highest BCUT2D eigenvalue weighted by molar-refractivity contribution is 5.31. The summed E-state index contributed by atoms with van der Waals surface area (Å²) in [6, 6.07) is 4.30. The Morgan fingerprint density at radius 3 is 2.82 bits per heavy atom. The van der Waals surface area contributed by atoms with Gasteiger partial charge in [0, 0.05) is 6.20 Å². The Hall–Kier alpha value is -1.09. The molecule has 1 aromatic rings. The van der Waals surface area contributed by atoms with Crippen LogP contribution in [0.5, 0.6) is 5.75 Å². The summed E-state index contributed by atoms with van der Waals surface area (Å²) in [5, 5.41) is 3.44. The first-order chi connectivity index (χ1) is 8.36. The van der Waals surface area contributed by atoms with Crippen molar-refractivity contribution in [3.8, 4) is 5.75 Å². The van der Waals surface area contributed by atoms with Crippen LogP contribution in [0.15, 0.2) is 18.3 Å². The fourth-order valence-corrected chi connectivity index (χ4v) is 3.69. The molecule has 0 aromatic carbocycles. The van der Waals surface area contributed by atoms with Gasteiger partial charge in [-0.3, -0.25) is 4.98 Å². The lowest BCUT2D eigenvalue weighted by Gasteiger charge is -2.19. The fourth-order valence-electron chi connectivity index (χ4n) is 3.69. The molecule has 0 aliphatic heterocycles. The highest BCUT2D eigenvalue weighted by atomic mass is 16.5. The predicted molar refractivity (Wildman–Crippen MR) is 66.9 cm³/mol. The van der Waals surface area contributed by atoms with Crippen LogP contribution >= 0.6 is 0 Å². The number of ether oxygens (including phenoxy) is 1. The van der Waals surface area contributed by atoms with Crippen molar-refractivity contribution >= 4 is 0 Å². The SMILES string of the molecule is CNC(c1ncccc1OC)C1C2CCCC21. The number of pyridine rings is 1. The van der Waals surface area contributed by atoms with Crippen LogP contribution in [0, 0.1) is 17.8 Å². The molecule has 3 atom stereocenters. The van der Waals surface area contributed by atoms with Gasteiger partial charge in [0.15, 0.2) is 0 Å². The molecule has 3 unspecified atom stereocenters. The smallest absolute Gasteiger partial charge is 0.141 e. The van der Waals surface area contributed by atoms with Crippen molar-refractivity contribution in [1.82, 2.24) is 10.3 Å². The molecule has 1 heterocycles. The van der Waals surface area contributed by atoms with Crippen LogP contribution in [0.25, 0.3) is 0 Å². The van der Waals surface area contributed by atoms with Gasteiger partial charge in [0.2, 0.25) is 0 Å². The standard InChI is InChI=1S/C14H20N2O/c1-15-14(12-9-5-3-6-10(9)12)13-11(17-2)7-4-8-16-13/h4,7-10,12,14-15H,3,5-6H2,1-2H3. The Bertz CT molecular complexity index is 397. The number of aromatic nitrogens is 1. The molecule has 1 N–H and O–H groups in total. The maximum Gasteiger partial charge on any atom is 0.141 e. The lowest BCUT2D eigenvalue weighted by atomic mass is 10.0. The summed E-state index contributed by atoms with van der Waals surface area (Å²) in [4.78, 5) is 4.52. The van der Waals surface area contributed by atoms with Crippen molar-refractivity contribution in [2.24, 2.45) is 17.8 Å². The summed E-state index contributed by atoms with van der Waals surface area (Å²) in [7, 11) is 3.76. The van der Waals surface area contributed by atoms with E-state index in [1.165, 1.54) is 19.3 Å². The van der Waals surface area contributed by atoms with Gasteiger partial charge >= 0.3 is 0 Å². The second-order valence-electron chi connectivity index (χ2n) is 5.19.